The highest BCUT2D eigenvalue weighted by atomic mass is 79.9. The molecule has 0 saturated carbocycles. The number of nitro groups is 1. The van der Waals surface area contributed by atoms with Gasteiger partial charge in [0, 0.05) is 27.9 Å². The van der Waals surface area contributed by atoms with Gasteiger partial charge in [-0.05, 0) is 72.8 Å². The van der Waals surface area contributed by atoms with E-state index in [1.54, 1.807) is 54.6 Å². The summed E-state index contributed by atoms with van der Waals surface area (Å²) in [5.41, 5.74) is 1.56. The van der Waals surface area contributed by atoms with E-state index in [0.717, 1.165) is 16.7 Å². The Labute approximate surface area is 236 Å². The minimum Gasteiger partial charge on any atom is -0.494 e. The van der Waals surface area contributed by atoms with Gasteiger partial charge in [-0.1, -0.05) is 28.1 Å². The van der Waals surface area contributed by atoms with Gasteiger partial charge in [-0.3, -0.25) is 29.4 Å². The maximum atomic E-state index is 13.0. The Hall–Kier alpha value is -4.16. The van der Waals surface area contributed by atoms with E-state index in [2.05, 4.69) is 21.2 Å². The molecule has 0 unspecified atom stereocenters. The first-order valence-corrected chi connectivity index (χ1v) is 13.3. The first-order valence-electron chi connectivity index (χ1n) is 11.7. The van der Waals surface area contributed by atoms with Gasteiger partial charge in [0.2, 0.25) is 5.91 Å². The molecule has 0 radical (unpaired) electrons. The predicted molar refractivity (Wildman–Crippen MR) is 150 cm³/mol. The Kier molecular flexibility index (Phi) is 8.99. The van der Waals surface area contributed by atoms with Crippen LogP contribution in [0.1, 0.15) is 18.1 Å². The van der Waals surface area contributed by atoms with Gasteiger partial charge in [0.05, 0.1) is 16.4 Å². The Morgan fingerprint density at radius 2 is 1.87 bits per heavy atom. The van der Waals surface area contributed by atoms with E-state index in [9.17, 15) is 24.5 Å². The molecule has 1 N–H and O–H groups in total. The molecule has 10 nitrogen and oxygen atoms in total. The third kappa shape index (κ3) is 7.24. The van der Waals surface area contributed by atoms with Gasteiger partial charge in [0.25, 0.3) is 16.8 Å². The van der Waals surface area contributed by atoms with Crippen molar-refractivity contribution in [2.75, 3.05) is 18.5 Å². The average molecular weight is 612 g/mol. The van der Waals surface area contributed by atoms with E-state index in [1.807, 2.05) is 6.92 Å². The van der Waals surface area contributed by atoms with Crippen LogP contribution in [0.15, 0.2) is 76.1 Å². The van der Waals surface area contributed by atoms with Crippen molar-refractivity contribution in [1.29, 1.82) is 0 Å². The van der Waals surface area contributed by atoms with E-state index in [1.165, 1.54) is 18.2 Å². The number of halogens is 1. The second kappa shape index (κ2) is 12.6. The molecular formula is C27H22BrN3O7S. The lowest BCUT2D eigenvalue weighted by Gasteiger charge is -2.13. The number of thioether (sulfide) groups is 1. The van der Waals surface area contributed by atoms with Gasteiger partial charge in [0.1, 0.15) is 24.7 Å². The summed E-state index contributed by atoms with van der Waals surface area (Å²) in [6.45, 7) is 2.00. The fourth-order valence-corrected chi connectivity index (χ4v) is 4.82. The summed E-state index contributed by atoms with van der Waals surface area (Å²) in [5, 5.41) is 13.1. The number of ether oxygens (including phenoxy) is 2. The molecule has 1 fully saturated rings. The molecule has 3 amide bonds. The fraction of sp³-hybridized carbons (Fsp3) is 0.148. The number of rotatable bonds is 10. The van der Waals surface area contributed by atoms with Gasteiger partial charge in [0.15, 0.2) is 0 Å². The van der Waals surface area contributed by atoms with E-state index >= 15 is 0 Å². The summed E-state index contributed by atoms with van der Waals surface area (Å²) in [5.74, 6) is -0.0556. The van der Waals surface area contributed by atoms with Gasteiger partial charge < -0.3 is 14.8 Å². The number of benzene rings is 3. The SMILES string of the molecule is CCOc1ccc(NC(=O)CN2C(=O)S/C(=C/c3cc(Br)ccc3OCc3cccc([N+](=O)[O-])c3)C2=O)cc1. The van der Waals surface area contributed by atoms with Crippen molar-refractivity contribution in [3.8, 4) is 11.5 Å². The number of carbonyl (C=O) groups is 3. The average Bonchev–Trinajstić information content (AvgIpc) is 3.17. The summed E-state index contributed by atoms with van der Waals surface area (Å²) in [4.78, 5) is 49.7. The quantitative estimate of drug-likeness (QED) is 0.168. The van der Waals surface area contributed by atoms with Crippen molar-refractivity contribution >= 4 is 62.2 Å². The van der Waals surface area contributed by atoms with E-state index < -0.39 is 28.5 Å². The summed E-state index contributed by atoms with van der Waals surface area (Å²) in [6, 6.07) is 18.0. The van der Waals surface area contributed by atoms with Crippen LogP contribution in [0.2, 0.25) is 0 Å². The molecule has 1 aliphatic heterocycles. The van der Waals surface area contributed by atoms with Gasteiger partial charge in [-0.2, -0.15) is 0 Å². The topological polar surface area (TPSA) is 128 Å². The lowest BCUT2D eigenvalue weighted by atomic mass is 10.1. The van der Waals surface area contributed by atoms with Crippen LogP contribution in [0, 0.1) is 10.1 Å². The number of non-ortho nitro benzene ring substituents is 1. The molecule has 3 aromatic carbocycles. The third-order valence-corrected chi connectivity index (χ3v) is 6.80. The smallest absolute Gasteiger partial charge is 0.294 e. The second-order valence-electron chi connectivity index (χ2n) is 8.17. The molecule has 0 atom stereocenters. The van der Waals surface area contributed by atoms with Crippen LogP contribution in [-0.2, 0) is 16.2 Å². The largest absolute Gasteiger partial charge is 0.494 e. The molecule has 0 spiro atoms. The molecule has 200 valence electrons. The van der Waals surface area contributed by atoms with Gasteiger partial charge in [-0.25, -0.2) is 0 Å². The molecule has 1 heterocycles. The number of anilines is 1. The standard InChI is InChI=1S/C27H22BrN3O7S/c1-2-37-22-9-7-20(8-10-22)29-25(32)15-30-26(33)24(39-27(30)34)14-18-13-19(28)6-11-23(18)38-16-17-4-3-5-21(12-17)31(35)36/h3-14H,2,15-16H2,1H3,(H,29,32)/b24-14+. The maximum Gasteiger partial charge on any atom is 0.294 e. The monoisotopic (exact) mass is 611 g/mol. The first kappa shape index (κ1) is 27.9. The highest BCUT2D eigenvalue weighted by Gasteiger charge is 2.36. The zero-order valence-electron chi connectivity index (χ0n) is 20.6. The van der Waals surface area contributed by atoms with Crippen molar-refractivity contribution in [3.05, 3.63) is 97.3 Å². The number of carbonyl (C=O) groups excluding carboxylic acids is 3. The van der Waals surface area contributed by atoms with E-state index in [4.69, 9.17) is 9.47 Å². The molecule has 0 aromatic heterocycles. The fourth-order valence-electron chi connectivity index (χ4n) is 3.61. The number of hydrogen-bond acceptors (Lipinski definition) is 8. The van der Waals surface area contributed by atoms with Crippen LogP contribution >= 0.6 is 27.7 Å². The van der Waals surface area contributed by atoms with Crippen LogP contribution in [0.4, 0.5) is 16.2 Å². The summed E-state index contributed by atoms with van der Waals surface area (Å²) < 4.78 is 12.0. The number of hydrogen-bond donors (Lipinski definition) is 1. The summed E-state index contributed by atoms with van der Waals surface area (Å²) >= 11 is 4.12. The molecule has 3 aromatic rings. The lowest BCUT2D eigenvalue weighted by molar-refractivity contribution is -0.384. The number of nitro benzene ring substituents is 1. The minimum absolute atomic E-state index is 0.0487. The van der Waals surface area contributed by atoms with Crippen molar-refractivity contribution < 1.29 is 28.8 Å². The molecular weight excluding hydrogens is 590 g/mol. The van der Waals surface area contributed by atoms with Crippen molar-refractivity contribution in [1.82, 2.24) is 4.90 Å². The van der Waals surface area contributed by atoms with Crippen LogP contribution < -0.4 is 14.8 Å². The first-order chi connectivity index (χ1) is 18.7. The summed E-state index contributed by atoms with van der Waals surface area (Å²) in [7, 11) is 0. The molecule has 12 heteroatoms. The Morgan fingerprint density at radius 3 is 2.59 bits per heavy atom. The molecule has 1 aliphatic rings. The zero-order valence-corrected chi connectivity index (χ0v) is 23.0. The maximum absolute atomic E-state index is 13.0. The number of nitrogens with zero attached hydrogens (tertiary/aromatic N) is 2. The molecule has 0 bridgehead atoms. The Balaban J connectivity index is 1.45. The second-order valence-corrected chi connectivity index (χ2v) is 10.1. The van der Waals surface area contributed by atoms with E-state index in [-0.39, 0.29) is 17.2 Å². The molecule has 4 rings (SSSR count). The highest BCUT2D eigenvalue weighted by Crippen LogP contribution is 2.35. The normalized spacial score (nSPS) is 14.0. The van der Waals surface area contributed by atoms with Crippen molar-refractivity contribution in [3.63, 3.8) is 0 Å². The van der Waals surface area contributed by atoms with Crippen molar-refractivity contribution in [2.24, 2.45) is 0 Å². The van der Waals surface area contributed by atoms with Crippen molar-refractivity contribution in [2.45, 2.75) is 13.5 Å². The third-order valence-electron chi connectivity index (χ3n) is 5.40. The minimum atomic E-state index is -0.601. The van der Waals surface area contributed by atoms with Crippen LogP contribution in [0.5, 0.6) is 11.5 Å². The van der Waals surface area contributed by atoms with E-state index in [0.29, 0.717) is 39.4 Å². The Bertz CT molecular complexity index is 1460. The molecule has 0 aliphatic carbocycles. The predicted octanol–water partition coefficient (Wildman–Crippen LogP) is 6.01. The number of imide groups is 1. The highest BCUT2D eigenvalue weighted by molar-refractivity contribution is 9.10. The van der Waals surface area contributed by atoms with Crippen LogP contribution in [0.25, 0.3) is 6.08 Å². The van der Waals surface area contributed by atoms with Gasteiger partial charge >= 0.3 is 0 Å². The van der Waals surface area contributed by atoms with Crippen LogP contribution in [-0.4, -0.2) is 40.0 Å². The van der Waals surface area contributed by atoms with Gasteiger partial charge in [-0.15, -0.1) is 0 Å². The van der Waals surface area contributed by atoms with Crippen LogP contribution in [0.3, 0.4) is 0 Å². The number of amides is 3. The number of nitrogens with one attached hydrogen (secondary N) is 1. The lowest BCUT2D eigenvalue weighted by Crippen LogP contribution is -2.36. The zero-order chi connectivity index (χ0) is 27.9. The molecule has 39 heavy (non-hydrogen) atoms. The Morgan fingerprint density at radius 1 is 1.10 bits per heavy atom. The molecule has 1 saturated heterocycles. The summed E-state index contributed by atoms with van der Waals surface area (Å²) in [6.07, 6.45) is 1.52.